The molecule has 0 spiro atoms. The number of carbonyl (C=O) groups excluding carboxylic acids is 1. The summed E-state index contributed by atoms with van der Waals surface area (Å²) in [5, 5.41) is 7.69. The van der Waals surface area contributed by atoms with Crippen molar-refractivity contribution in [2.45, 2.75) is 25.5 Å². The number of aromatic nitrogens is 4. The number of hydrogen-bond donors (Lipinski definition) is 1. The Balaban J connectivity index is 1.45. The van der Waals surface area contributed by atoms with Crippen molar-refractivity contribution in [3.05, 3.63) is 59.6 Å². The number of nitrogens with zero attached hydrogens (tertiary/aromatic N) is 5. The van der Waals surface area contributed by atoms with Gasteiger partial charge in [0.25, 0.3) is 0 Å². The van der Waals surface area contributed by atoms with Gasteiger partial charge in [0.2, 0.25) is 5.91 Å². The van der Waals surface area contributed by atoms with Crippen LogP contribution in [0.15, 0.2) is 54.7 Å². The van der Waals surface area contributed by atoms with Crippen LogP contribution in [0, 0.1) is 0 Å². The Morgan fingerprint density at radius 3 is 2.94 bits per heavy atom. The lowest BCUT2D eigenvalue weighted by Crippen LogP contribution is -2.40. The number of thiophene rings is 1. The van der Waals surface area contributed by atoms with Crippen LogP contribution >= 0.6 is 11.3 Å². The number of fused-ring (bicyclic) bond motifs is 1. The minimum Gasteiger partial charge on any atom is -0.493 e. The van der Waals surface area contributed by atoms with E-state index in [0.717, 1.165) is 34.4 Å². The quantitative estimate of drug-likeness (QED) is 0.389. The van der Waals surface area contributed by atoms with E-state index < -0.39 is 0 Å². The van der Waals surface area contributed by atoms with E-state index in [1.165, 1.54) is 12.4 Å². The van der Waals surface area contributed by atoms with Crippen molar-refractivity contribution < 1.29 is 14.3 Å². The number of nitrogens with two attached hydrogens (primary N) is 1. The van der Waals surface area contributed by atoms with Gasteiger partial charge in [-0.05, 0) is 37.1 Å². The number of carbonyl (C=O) groups is 1. The van der Waals surface area contributed by atoms with Crippen molar-refractivity contribution in [1.29, 1.82) is 0 Å². The number of likely N-dealkylation sites (tertiary alicyclic amines) is 1. The molecule has 1 atom stereocenters. The topological polar surface area (TPSA) is 108 Å². The van der Waals surface area contributed by atoms with Gasteiger partial charge in [-0.1, -0.05) is 18.7 Å². The van der Waals surface area contributed by atoms with Crippen LogP contribution in [0.4, 0.5) is 5.82 Å². The third kappa shape index (κ3) is 4.44. The second-order valence-electron chi connectivity index (χ2n) is 8.28. The summed E-state index contributed by atoms with van der Waals surface area (Å²) in [6.45, 7) is 5.28. The van der Waals surface area contributed by atoms with Gasteiger partial charge in [0.15, 0.2) is 17.1 Å². The molecule has 2 N–H and O–H groups in total. The summed E-state index contributed by atoms with van der Waals surface area (Å²) in [7, 11) is 1.62. The number of anilines is 1. The fraction of sp³-hybridized carbons (Fsp3) is 0.280. The second-order valence-corrected chi connectivity index (χ2v) is 9.27. The molecule has 5 rings (SSSR count). The smallest absolute Gasteiger partial charge is 0.246 e. The van der Waals surface area contributed by atoms with Crippen molar-refractivity contribution in [2.75, 3.05) is 25.9 Å². The Morgan fingerprint density at radius 2 is 2.14 bits per heavy atom. The molecule has 9 nitrogen and oxygen atoms in total. The first-order valence-electron chi connectivity index (χ1n) is 11.3. The van der Waals surface area contributed by atoms with Gasteiger partial charge in [-0.25, -0.2) is 14.6 Å². The Kier molecular flexibility index (Phi) is 6.37. The zero-order valence-electron chi connectivity index (χ0n) is 19.4. The highest BCUT2D eigenvalue weighted by Gasteiger charge is 2.28. The largest absolute Gasteiger partial charge is 0.493 e. The van der Waals surface area contributed by atoms with Gasteiger partial charge in [-0.3, -0.25) is 4.79 Å². The highest BCUT2D eigenvalue weighted by molar-refractivity contribution is 7.10. The molecule has 1 amide bonds. The van der Waals surface area contributed by atoms with Crippen LogP contribution in [0.25, 0.3) is 22.3 Å². The van der Waals surface area contributed by atoms with Crippen molar-refractivity contribution in [1.82, 2.24) is 24.6 Å². The molecule has 1 saturated heterocycles. The molecule has 1 aliphatic rings. The van der Waals surface area contributed by atoms with E-state index in [1.807, 2.05) is 40.4 Å². The van der Waals surface area contributed by atoms with E-state index in [1.54, 1.807) is 23.3 Å². The van der Waals surface area contributed by atoms with E-state index in [4.69, 9.17) is 20.3 Å². The predicted octanol–water partition coefficient (Wildman–Crippen LogP) is 4.07. The average molecular weight is 491 g/mol. The molecule has 1 aliphatic heterocycles. The first-order chi connectivity index (χ1) is 17.1. The Morgan fingerprint density at radius 1 is 1.31 bits per heavy atom. The third-order valence-corrected chi connectivity index (χ3v) is 7.02. The fourth-order valence-corrected chi connectivity index (χ4v) is 5.18. The lowest BCUT2D eigenvalue weighted by atomic mass is 10.1. The fourth-order valence-electron chi connectivity index (χ4n) is 4.40. The zero-order chi connectivity index (χ0) is 24.4. The molecule has 0 saturated carbocycles. The van der Waals surface area contributed by atoms with Crippen LogP contribution in [-0.4, -0.2) is 50.8 Å². The first-order valence-corrected chi connectivity index (χ1v) is 12.2. The van der Waals surface area contributed by atoms with Crippen molar-refractivity contribution in [3.63, 3.8) is 0 Å². The van der Waals surface area contributed by atoms with Gasteiger partial charge in [0.1, 0.15) is 24.4 Å². The maximum Gasteiger partial charge on any atom is 0.246 e. The van der Waals surface area contributed by atoms with Crippen LogP contribution in [0.2, 0.25) is 0 Å². The van der Waals surface area contributed by atoms with E-state index in [-0.39, 0.29) is 11.9 Å². The maximum absolute atomic E-state index is 12.2. The van der Waals surface area contributed by atoms with Gasteiger partial charge in [0, 0.05) is 28.9 Å². The molecule has 1 fully saturated rings. The van der Waals surface area contributed by atoms with Gasteiger partial charge in [0.05, 0.1) is 18.5 Å². The third-order valence-electron chi connectivity index (χ3n) is 6.11. The lowest BCUT2D eigenvalue weighted by Gasteiger charge is -2.32. The molecule has 180 valence electrons. The number of methoxy groups -OCH3 is 1. The van der Waals surface area contributed by atoms with Gasteiger partial charge in [-0.15, -0.1) is 11.3 Å². The Labute approximate surface area is 206 Å². The molecule has 0 aliphatic carbocycles. The number of benzene rings is 1. The maximum atomic E-state index is 12.2. The summed E-state index contributed by atoms with van der Waals surface area (Å²) in [6, 6.07) is 9.60. The summed E-state index contributed by atoms with van der Waals surface area (Å²) in [6.07, 6.45) is 4.58. The summed E-state index contributed by atoms with van der Waals surface area (Å²) in [5.41, 5.74) is 8.61. The standard InChI is InChI=1S/C25H26N6O3S/c1-3-21(32)30-10-6-7-17(12-30)31-25-22(24(26)27-15-28-25)23(29-31)16-11-18(35-14-16)13-34-20-9-5-4-8-19(20)33-2/h3-5,8-9,11,14-15,17H,1,6-7,10,12-13H2,2H3,(H2,26,27,28). The van der Waals surface area contributed by atoms with Crippen LogP contribution in [0.5, 0.6) is 11.5 Å². The van der Waals surface area contributed by atoms with Crippen LogP contribution in [-0.2, 0) is 11.4 Å². The van der Waals surface area contributed by atoms with Crippen LogP contribution in [0.3, 0.4) is 0 Å². The van der Waals surface area contributed by atoms with E-state index in [2.05, 4.69) is 16.5 Å². The number of amides is 1. The molecular weight excluding hydrogens is 464 g/mol. The molecule has 4 aromatic rings. The van der Waals surface area contributed by atoms with E-state index in [9.17, 15) is 4.79 Å². The minimum atomic E-state index is -0.0713. The van der Waals surface area contributed by atoms with E-state index in [0.29, 0.717) is 42.7 Å². The first kappa shape index (κ1) is 22.9. The molecule has 3 aromatic heterocycles. The highest BCUT2D eigenvalue weighted by atomic mass is 32.1. The summed E-state index contributed by atoms with van der Waals surface area (Å²) >= 11 is 1.58. The lowest BCUT2D eigenvalue weighted by molar-refractivity contribution is -0.127. The molecule has 35 heavy (non-hydrogen) atoms. The van der Waals surface area contributed by atoms with Gasteiger partial charge in [-0.2, -0.15) is 5.10 Å². The highest BCUT2D eigenvalue weighted by Crippen LogP contribution is 2.36. The van der Waals surface area contributed by atoms with E-state index >= 15 is 0 Å². The van der Waals surface area contributed by atoms with Gasteiger partial charge >= 0.3 is 0 Å². The molecule has 1 unspecified atom stereocenters. The van der Waals surface area contributed by atoms with Crippen LogP contribution < -0.4 is 15.2 Å². The van der Waals surface area contributed by atoms with Crippen molar-refractivity contribution in [3.8, 4) is 22.8 Å². The molecule has 4 heterocycles. The average Bonchev–Trinajstić information content (AvgIpc) is 3.53. The number of rotatable bonds is 7. The van der Waals surface area contributed by atoms with Gasteiger partial charge < -0.3 is 20.1 Å². The number of hydrogen-bond acceptors (Lipinski definition) is 8. The summed E-state index contributed by atoms with van der Waals surface area (Å²) in [4.78, 5) is 23.8. The molecule has 0 radical (unpaired) electrons. The summed E-state index contributed by atoms with van der Waals surface area (Å²) in [5.74, 6) is 1.69. The van der Waals surface area contributed by atoms with Crippen molar-refractivity contribution in [2.24, 2.45) is 0 Å². The SMILES string of the molecule is C=CC(=O)N1CCCC(n2nc(-c3csc(COc4ccccc4OC)c3)c3c(N)ncnc32)C1. The minimum absolute atomic E-state index is 0.00909. The Bertz CT molecular complexity index is 1380. The monoisotopic (exact) mass is 490 g/mol. The molecule has 0 bridgehead atoms. The van der Waals surface area contributed by atoms with Crippen molar-refractivity contribution >= 4 is 34.1 Å². The summed E-state index contributed by atoms with van der Waals surface area (Å²) < 4.78 is 13.2. The molecule has 1 aromatic carbocycles. The molecular formula is C25H26N6O3S. The van der Waals surface area contributed by atoms with Crippen LogP contribution in [0.1, 0.15) is 23.8 Å². The normalized spacial score (nSPS) is 15.8. The predicted molar refractivity (Wildman–Crippen MR) is 135 cm³/mol. The number of ether oxygens (including phenoxy) is 2. The second kappa shape index (κ2) is 9.75. The number of para-hydroxylation sites is 2. The number of nitrogen functional groups attached to an aromatic ring is 1. The zero-order valence-corrected chi connectivity index (χ0v) is 20.2. The molecule has 10 heteroatoms. The number of piperidine rings is 1. The Hall–Kier alpha value is -3.92.